The van der Waals surface area contributed by atoms with Gasteiger partial charge in [-0.2, -0.15) is 0 Å². The summed E-state index contributed by atoms with van der Waals surface area (Å²) in [5, 5.41) is 0. The minimum atomic E-state index is -0.151. The molecule has 0 spiro atoms. The zero-order valence-electron chi connectivity index (χ0n) is 22.4. The van der Waals surface area contributed by atoms with Gasteiger partial charge in [0.2, 0.25) is 0 Å². The first kappa shape index (κ1) is 24.5. The Morgan fingerprint density at radius 2 is 1.69 bits per heavy atom. The fourth-order valence-corrected chi connectivity index (χ4v) is 9.97. The fraction of sp³-hybridized carbons (Fsp3) is 0.903. The van der Waals surface area contributed by atoms with E-state index < -0.39 is 0 Å². The number of allylic oxidation sites excluding steroid dienone is 2. The lowest BCUT2D eigenvalue weighted by atomic mass is 9.43. The summed E-state index contributed by atoms with van der Waals surface area (Å²) >= 11 is 0. The van der Waals surface area contributed by atoms with Crippen LogP contribution < -0.4 is 0 Å². The molecule has 7 atom stereocenters. The third-order valence-electron chi connectivity index (χ3n) is 11.8. The number of Topliss-reactive ketones (excluding diaryl/α,β-unsaturated/α-hetero) is 1. The molecule has 0 aromatic heterocycles. The number of ketones is 1. The Labute approximate surface area is 199 Å². The summed E-state index contributed by atoms with van der Waals surface area (Å²) in [6.07, 6.45) is 17.8. The molecule has 3 fully saturated rings. The molecule has 1 nitrogen and oxygen atoms in total. The lowest BCUT2D eigenvalue weighted by Gasteiger charge is -2.61. The quantitative estimate of drug-likeness (QED) is 0.361. The van der Waals surface area contributed by atoms with E-state index in [1.165, 1.54) is 51.4 Å². The van der Waals surface area contributed by atoms with Crippen LogP contribution in [0.15, 0.2) is 11.6 Å². The van der Waals surface area contributed by atoms with Gasteiger partial charge in [0.15, 0.2) is 0 Å². The van der Waals surface area contributed by atoms with Gasteiger partial charge in [-0.15, -0.1) is 0 Å². The van der Waals surface area contributed by atoms with E-state index in [1.54, 1.807) is 5.57 Å². The molecule has 0 unspecified atom stereocenters. The van der Waals surface area contributed by atoms with E-state index in [0.717, 1.165) is 61.2 Å². The molecular weight excluding hydrogens is 388 g/mol. The Morgan fingerprint density at radius 3 is 2.34 bits per heavy atom. The highest BCUT2D eigenvalue weighted by molar-refractivity contribution is 5.89. The highest BCUT2D eigenvalue weighted by Crippen LogP contribution is 2.69. The van der Waals surface area contributed by atoms with Crippen molar-refractivity contribution >= 4 is 5.78 Å². The highest BCUT2D eigenvalue weighted by atomic mass is 16.1. The van der Waals surface area contributed by atoms with Crippen LogP contribution in [0.2, 0.25) is 0 Å². The Hall–Kier alpha value is -0.590. The van der Waals surface area contributed by atoms with Crippen LogP contribution in [0.25, 0.3) is 0 Å². The number of fused-ring (bicyclic) bond motifs is 5. The van der Waals surface area contributed by atoms with Crippen molar-refractivity contribution in [3.05, 3.63) is 11.6 Å². The van der Waals surface area contributed by atoms with Gasteiger partial charge in [-0.3, -0.25) is 4.79 Å². The van der Waals surface area contributed by atoms with Crippen LogP contribution in [0.5, 0.6) is 0 Å². The molecule has 0 aliphatic heterocycles. The number of carbonyl (C=O) groups excluding carboxylic acids is 1. The molecule has 0 aromatic rings. The van der Waals surface area contributed by atoms with Crippen molar-refractivity contribution in [1.29, 1.82) is 0 Å². The summed E-state index contributed by atoms with van der Waals surface area (Å²) in [5.74, 6) is 5.76. The predicted octanol–water partition coefficient (Wildman–Crippen LogP) is 9.01. The molecule has 0 radical (unpaired) electrons. The van der Waals surface area contributed by atoms with Crippen LogP contribution in [0.4, 0.5) is 0 Å². The van der Waals surface area contributed by atoms with Crippen molar-refractivity contribution in [3.8, 4) is 0 Å². The summed E-state index contributed by atoms with van der Waals surface area (Å²) in [6.45, 7) is 17.1. The van der Waals surface area contributed by atoms with Crippen molar-refractivity contribution in [3.63, 3.8) is 0 Å². The zero-order valence-corrected chi connectivity index (χ0v) is 22.4. The van der Waals surface area contributed by atoms with Gasteiger partial charge in [0.05, 0.1) is 0 Å². The summed E-state index contributed by atoms with van der Waals surface area (Å²) in [7, 11) is 0. The molecule has 0 N–H and O–H groups in total. The summed E-state index contributed by atoms with van der Waals surface area (Å²) in [5.41, 5.74) is 2.25. The lowest BCUT2D eigenvalue weighted by Crippen LogP contribution is -2.54. The van der Waals surface area contributed by atoms with Crippen LogP contribution in [0.3, 0.4) is 0 Å². The van der Waals surface area contributed by atoms with Crippen LogP contribution in [-0.4, -0.2) is 5.78 Å². The van der Waals surface area contributed by atoms with Gasteiger partial charge < -0.3 is 0 Å². The standard InChI is InChI=1S/C31H52O/c1-8-31(9-2)27-16-13-23-25-15-14-24(22(5)12-10-11-21(3)4)29(25,6)19-17-26(23)30(27,7)20-18-28(31)32/h16,21-26H,8-15,17-20H2,1-7H3/t22-,23-,24+,25-,26-,29+,30-/m1/s1. The first-order valence-electron chi connectivity index (χ1n) is 14.4. The number of hydrogen-bond donors (Lipinski definition) is 0. The van der Waals surface area contributed by atoms with Crippen molar-refractivity contribution in [2.75, 3.05) is 0 Å². The molecular formula is C31H52O. The van der Waals surface area contributed by atoms with Gasteiger partial charge in [0.25, 0.3) is 0 Å². The molecule has 0 heterocycles. The van der Waals surface area contributed by atoms with E-state index in [9.17, 15) is 4.79 Å². The molecule has 0 bridgehead atoms. The predicted molar refractivity (Wildman–Crippen MR) is 136 cm³/mol. The number of carbonyl (C=O) groups is 1. The monoisotopic (exact) mass is 440 g/mol. The van der Waals surface area contributed by atoms with Gasteiger partial charge in [-0.05, 0) is 97.7 Å². The molecule has 32 heavy (non-hydrogen) atoms. The Balaban J connectivity index is 1.57. The topological polar surface area (TPSA) is 17.1 Å². The summed E-state index contributed by atoms with van der Waals surface area (Å²) < 4.78 is 0. The molecule has 182 valence electrons. The van der Waals surface area contributed by atoms with Gasteiger partial charge in [-0.1, -0.05) is 79.4 Å². The second kappa shape index (κ2) is 8.88. The molecule has 4 aliphatic carbocycles. The van der Waals surface area contributed by atoms with E-state index in [-0.39, 0.29) is 10.8 Å². The third kappa shape index (κ3) is 3.58. The Bertz CT molecular complexity index is 727. The first-order valence-corrected chi connectivity index (χ1v) is 14.4. The molecule has 4 rings (SSSR count). The zero-order chi connectivity index (χ0) is 23.3. The molecule has 0 aromatic carbocycles. The van der Waals surface area contributed by atoms with Gasteiger partial charge >= 0.3 is 0 Å². The van der Waals surface area contributed by atoms with Gasteiger partial charge in [0.1, 0.15) is 5.78 Å². The molecule has 0 amide bonds. The van der Waals surface area contributed by atoms with Gasteiger partial charge in [-0.25, -0.2) is 0 Å². The Morgan fingerprint density at radius 1 is 0.969 bits per heavy atom. The number of hydrogen-bond acceptors (Lipinski definition) is 1. The maximum Gasteiger partial charge on any atom is 0.143 e. The molecule has 3 saturated carbocycles. The van der Waals surface area contributed by atoms with Crippen molar-refractivity contribution in [1.82, 2.24) is 0 Å². The van der Waals surface area contributed by atoms with Crippen LogP contribution in [-0.2, 0) is 4.79 Å². The second-order valence-electron chi connectivity index (χ2n) is 13.4. The lowest BCUT2D eigenvalue weighted by molar-refractivity contribution is -0.134. The maximum absolute atomic E-state index is 13.2. The number of rotatable bonds is 7. The third-order valence-corrected chi connectivity index (χ3v) is 11.8. The normalized spacial score (nSPS) is 41.6. The second-order valence-corrected chi connectivity index (χ2v) is 13.4. The van der Waals surface area contributed by atoms with Crippen LogP contribution in [0.1, 0.15) is 126 Å². The fourth-order valence-electron chi connectivity index (χ4n) is 9.97. The van der Waals surface area contributed by atoms with Crippen molar-refractivity contribution in [2.45, 2.75) is 126 Å². The van der Waals surface area contributed by atoms with E-state index in [1.807, 2.05) is 0 Å². The SMILES string of the molecule is CCC1(CC)C(=O)CC[C@@]2(C)C1=CC[C@@H]1[C@H]3CC[C@@H]([C@H](C)CCCC(C)C)[C@]3(C)CC[C@H]12. The van der Waals surface area contributed by atoms with E-state index in [0.29, 0.717) is 11.2 Å². The highest BCUT2D eigenvalue weighted by Gasteiger charge is 2.62. The smallest absolute Gasteiger partial charge is 0.143 e. The molecule has 0 saturated heterocycles. The maximum atomic E-state index is 13.2. The molecule has 4 aliphatic rings. The van der Waals surface area contributed by atoms with Crippen LogP contribution in [0, 0.1) is 51.8 Å². The average molecular weight is 441 g/mol. The van der Waals surface area contributed by atoms with E-state index in [2.05, 4.69) is 54.5 Å². The minimum absolute atomic E-state index is 0.151. The van der Waals surface area contributed by atoms with Gasteiger partial charge in [0, 0.05) is 11.8 Å². The average Bonchev–Trinajstić information content (AvgIpc) is 3.11. The van der Waals surface area contributed by atoms with E-state index >= 15 is 0 Å². The van der Waals surface area contributed by atoms with Crippen LogP contribution >= 0.6 is 0 Å². The summed E-state index contributed by atoms with van der Waals surface area (Å²) in [6, 6.07) is 0. The van der Waals surface area contributed by atoms with Crippen molar-refractivity contribution in [2.24, 2.45) is 51.8 Å². The summed E-state index contributed by atoms with van der Waals surface area (Å²) in [4.78, 5) is 13.2. The Kier molecular flexibility index (Phi) is 6.81. The first-order chi connectivity index (χ1) is 15.1. The molecule has 1 heteroatoms. The van der Waals surface area contributed by atoms with Crippen molar-refractivity contribution < 1.29 is 4.79 Å². The largest absolute Gasteiger partial charge is 0.299 e. The van der Waals surface area contributed by atoms with E-state index in [4.69, 9.17) is 0 Å². The minimum Gasteiger partial charge on any atom is -0.299 e.